The second-order valence-corrected chi connectivity index (χ2v) is 7.93. The number of nitrogens with zero attached hydrogens (tertiary/aromatic N) is 1. The van der Waals surface area contributed by atoms with Crippen LogP contribution in [0.2, 0.25) is 5.02 Å². The van der Waals surface area contributed by atoms with Crippen molar-refractivity contribution >= 4 is 40.4 Å². The van der Waals surface area contributed by atoms with E-state index < -0.39 is 5.91 Å². The van der Waals surface area contributed by atoms with Crippen LogP contribution in [0.5, 0.6) is 5.75 Å². The van der Waals surface area contributed by atoms with E-state index in [-0.39, 0.29) is 12.5 Å². The number of halogens is 1. The zero-order valence-corrected chi connectivity index (χ0v) is 19.0. The van der Waals surface area contributed by atoms with Gasteiger partial charge in [-0.25, -0.2) is 5.43 Å². The Balaban J connectivity index is 1.27. The molecule has 4 aromatic rings. The number of fused-ring (bicyclic) bond motifs is 1. The normalized spacial score (nSPS) is 10.9. The summed E-state index contributed by atoms with van der Waals surface area (Å²) in [7, 11) is 0. The van der Waals surface area contributed by atoms with E-state index in [4.69, 9.17) is 16.3 Å². The predicted octanol–water partition coefficient (Wildman–Crippen LogP) is 4.95. The summed E-state index contributed by atoms with van der Waals surface area (Å²) in [5.41, 5.74) is 4.70. The van der Waals surface area contributed by atoms with Crippen LogP contribution < -0.4 is 15.5 Å². The smallest absolute Gasteiger partial charge is 0.259 e. The Hall–Kier alpha value is -4.16. The molecule has 170 valence electrons. The van der Waals surface area contributed by atoms with Crippen molar-refractivity contribution in [1.29, 1.82) is 0 Å². The first-order valence-corrected chi connectivity index (χ1v) is 11.0. The third-order valence-corrected chi connectivity index (χ3v) is 5.28. The molecule has 0 aliphatic rings. The molecule has 0 saturated carbocycles. The van der Waals surface area contributed by atoms with Crippen molar-refractivity contribution in [2.75, 3.05) is 6.54 Å². The topological polar surface area (TPSA) is 79.8 Å². The van der Waals surface area contributed by atoms with E-state index in [9.17, 15) is 9.59 Å². The molecule has 0 bridgehead atoms. The first-order chi connectivity index (χ1) is 16.6. The largest absolute Gasteiger partial charge is 0.489 e. The van der Waals surface area contributed by atoms with Gasteiger partial charge in [-0.3, -0.25) is 9.59 Å². The summed E-state index contributed by atoms with van der Waals surface area (Å²) >= 11 is 5.90. The zero-order valence-electron chi connectivity index (χ0n) is 18.2. The van der Waals surface area contributed by atoms with Crippen LogP contribution in [0.15, 0.2) is 96.1 Å². The Morgan fingerprint density at radius 3 is 2.53 bits per heavy atom. The highest BCUT2D eigenvalue weighted by molar-refractivity contribution is 6.30. The van der Waals surface area contributed by atoms with E-state index >= 15 is 0 Å². The van der Waals surface area contributed by atoms with Gasteiger partial charge in [-0.15, -0.1) is 0 Å². The van der Waals surface area contributed by atoms with Crippen LogP contribution in [0.4, 0.5) is 0 Å². The van der Waals surface area contributed by atoms with Crippen molar-refractivity contribution < 1.29 is 14.3 Å². The minimum atomic E-state index is -0.431. The molecular formula is C27H22ClN3O3. The summed E-state index contributed by atoms with van der Waals surface area (Å²) < 4.78 is 5.80. The lowest BCUT2D eigenvalue weighted by Crippen LogP contribution is -2.35. The van der Waals surface area contributed by atoms with Gasteiger partial charge in [-0.1, -0.05) is 72.3 Å². The van der Waals surface area contributed by atoms with Crippen LogP contribution in [0, 0.1) is 0 Å². The quantitative estimate of drug-likeness (QED) is 0.282. The van der Waals surface area contributed by atoms with Crippen LogP contribution in [-0.4, -0.2) is 24.6 Å². The lowest BCUT2D eigenvalue weighted by Gasteiger charge is -2.08. The molecule has 2 amide bonds. The molecule has 0 aromatic heterocycles. The van der Waals surface area contributed by atoms with E-state index in [0.717, 1.165) is 21.9 Å². The molecule has 4 aromatic carbocycles. The summed E-state index contributed by atoms with van der Waals surface area (Å²) in [5.74, 6) is -0.0750. The summed E-state index contributed by atoms with van der Waals surface area (Å²) in [6.45, 7) is 0.217. The number of nitrogens with one attached hydrogen (secondary N) is 2. The molecule has 0 unspecified atom stereocenters. The molecule has 34 heavy (non-hydrogen) atoms. The van der Waals surface area contributed by atoms with Gasteiger partial charge in [0.25, 0.3) is 11.8 Å². The van der Waals surface area contributed by atoms with Gasteiger partial charge in [0.1, 0.15) is 12.4 Å². The van der Waals surface area contributed by atoms with Gasteiger partial charge in [0, 0.05) is 10.6 Å². The number of amides is 2. The van der Waals surface area contributed by atoms with Gasteiger partial charge < -0.3 is 10.1 Å². The number of hydrazone groups is 1. The average Bonchev–Trinajstić information content (AvgIpc) is 2.87. The summed E-state index contributed by atoms with van der Waals surface area (Å²) in [5, 5.41) is 9.07. The van der Waals surface area contributed by atoms with Gasteiger partial charge in [-0.2, -0.15) is 5.10 Å². The lowest BCUT2D eigenvalue weighted by atomic mass is 10.0. The van der Waals surface area contributed by atoms with Crippen LogP contribution >= 0.6 is 11.6 Å². The van der Waals surface area contributed by atoms with Crippen LogP contribution in [0.3, 0.4) is 0 Å². The number of hydrogen-bond acceptors (Lipinski definition) is 4. The van der Waals surface area contributed by atoms with Crippen molar-refractivity contribution in [2.45, 2.75) is 6.61 Å². The molecule has 0 heterocycles. The third-order valence-electron chi connectivity index (χ3n) is 5.02. The fourth-order valence-corrected chi connectivity index (χ4v) is 3.46. The van der Waals surface area contributed by atoms with Crippen LogP contribution in [0.25, 0.3) is 10.8 Å². The molecule has 2 N–H and O–H groups in total. The molecule has 0 atom stereocenters. The first kappa shape index (κ1) is 23.0. The molecule has 7 heteroatoms. The van der Waals surface area contributed by atoms with Crippen molar-refractivity contribution in [3.8, 4) is 5.75 Å². The molecule has 0 saturated heterocycles. The fourth-order valence-electron chi connectivity index (χ4n) is 3.33. The SMILES string of the molecule is O=C(CNC(=O)c1cccc2ccccc12)NN=Cc1cccc(OCc2ccc(Cl)cc2)c1. The van der Waals surface area contributed by atoms with Crippen molar-refractivity contribution in [2.24, 2.45) is 5.10 Å². The first-order valence-electron chi connectivity index (χ1n) is 10.6. The van der Waals surface area contributed by atoms with Crippen molar-refractivity contribution in [3.05, 3.63) is 113 Å². The minimum absolute atomic E-state index is 0.191. The predicted molar refractivity (Wildman–Crippen MR) is 134 cm³/mol. The molecule has 0 fully saturated rings. The van der Waals surface area contributed by atoms with Crippen molar-refractivity contribution in [3.63, 3.8) is 0 Å². The van der Waals surface area contributed by atoms with E-state index in [1.54, 1.807) is 6.07 Å². The zero-order chi connectivity index (χ0) is 23.8. The minimum Gasteiger partial charge on any atom is -0.489 e. The monoisotopic (exact) mass is 471 g/mol. The summed E-state index contributed by atoms with van der Waals surface area (Å²) in [4.78, 5) is 24.6. The number of hydrogen-bond donors (Lipinski definition) is 2. The number of benzene rings is 4. The summed E-state index contributed by atoms with van der Waals surface area (Å²) in [6, 6.07) is 27.9. The molecular weight excluding hydrogens is 450 g/mol. The number of ether oxygens (including phenoxy) is 1. The Morgan fingerprint density at radius 2 is 1.68 bits per heavy atom. The number of carbonyl (C=O) groups is 2. The second-order valence-electron chi connectivity index (χ2n) is 7.49. The van der Waals surface area contributed by atoms with Gasteiger partial charge >= 0.3 is 0 Å². The van der Waals surface area contributed by atoms with Crippen LogP contribution in [0.1, 0.15) is 21.5 Å². The average molecular weight is 472 g/mol. The molecule has 0 aliphatic heterocycles. The number of carbonyl (C=O) groups excluding carboxylic acids is 2. The van der Waals surface area contributed by atoms with Gasteiger partial charge in [0.05, 0.1) is 12.8 Å². The van der Waals surface area contributed by atoms with Gasteiger partial charge in [-0.05, 0) is 52.2 Å². The van der Waals surface area contributed by atoms with Gasteiger partial charge in [0.2, 0.25) is 0 Å². The molecule has 0 aliphatic carbocycles. The molecule has 6 nitrogen and oxygen atoms in total. The van der Waals surface area contributed by atoms with Crippen molar-refractivity contribution in [1.82, 2.24) is 10.7 Å². The van der Waals surface area contributed by atoms with E-state index in [1.165, 1.54) is 6.21 Å². The van der Waals surface area contributed by atoms with E-state index in [1.807, 2.05) is 84.9 Å². The Bertz CT molecular complexity index is 1330. The fraction of sp³-hybridized carbons (Fsp3) is 0.0741. The maximum Gasteiger partial charge on any atom is 0.259 e. The molecule has 4 rings (SSSR count). The Labute approximate surface area is 202 Å². The highest BCUT2D eigenvalue weighted by atomic mass is 35.5. The Morgan fingerprint density at radius 1 is 0.912 bits per heavy atom. The highest BCUT2D eigenvalue weighted by Crippen LogP contribution is 2.18. The highest BCUT2D eigenvalue weighted by Gasteiger charge is 2.10. The van der Waals surface area contributed by atoms with E-state index in [0.29, 0.717) is 22.9 Å². The Kier molecular flexibility index (Phi) is 7.53. The summed E-state index contributed by atoms with van der Waals surface area (Å²) in [6.07, 6.45) is 1.51. The maximum atomic E-state index is 12.5. The molecule has 0 spiro atoms. The lowest BCUT2D eigenvalue weighted by molar-refractivity contribution is -0.120. The third kappa shape index (κ3) is 6.21. The standard InChI is InChI=1S/C27H22ClN3O3/c28-22-13-11-19(12-14-22)18-34-23-8-3-5-20(15-23)16-30-31-26(32)17-29-27(33)25-10-4-7-21-6-1-2-9-24(21)25/h1-16H,17-18H2,(H,29,33)(H,31,32). The van der Waals surface area contributed by atoms with Crippen LogP contribution in [-0.2, 0) is 11.4 Å². The maximum absolute atomic E-state index is 12.5. The molecule has 0 radical (unpaired) electrons. The van der Waals surface area contributed by atoms with E-state index in [2.05, 4.69) is 15.8 Å². The number of rotatable bonds is 8. The van der Waals surface area contributed by atoms with Gasteiger partial charge in [0.15, 0.2) is 0 Å². The second kappa shape index (κ2) is 11.1.